The van der Waals surface area contributed by atoms with E-state index in [9.17, 15) is 29.3 Å². The zero-order chi connectivity index (χ0) is 42.0. The molecule has 1 aromatic carbocycles. The second-order valence-electron chi connectivity index (χ2n) is 15.0. The number of nitrogens with zero attached hydrogens (tertiary/aromatic N) is 5. The van der Waals surface area contributed by atoms with Crippen LogP contribution in [0.2, 0.25) is 0 Å². The van der Waals surface area contributed by atoms with Crippen LogP contribution >= 0.6 is 7.82 Å². The number of unbranched alkanes of at least 4 members (excludes halogenated alkanes) is 15. The Labute approximate surface area is 341 Å². The summed E-state index contributed by atoms with van der Waals surface area (Å²) in [5.74, 6) is -0.876. The van der Waals surface area contributed by atoms with E-state index in [4.69, 9.17) is 35.6 Å². The van der Waals surface area contributed by atoms with Gasteiger partial charge in [-0.2, -0.15) is 10.4 Å². The molecule has 1 fully saturated rings. The number of aliphatic hydroxyl groups is 2. The van der Waals surface area contributed by atoms with Crippen LogP contribution < -0.4 is 10.5 Å². The smallest absolute Gasteiger partial charge is 0.472 e. The van der Waals surface area contributed by atoms with E-state index in [2.05, 4.69) is 21.9 Å². The van der Waals surface area contributed by atoms with Crippen molar-refractivity contribution in [2.45, 2.75) is 147 Å². The summed E-state index contributed by atoms with van der Waals surface area (Å²) in [7, 11) is -4.89. The van der Waals surface area contributed by atoms with E-state index >= 15 is 0 Å². The maximum absolute atomic E-state index is 14.9. The van der Waals surface area contributed by atoms with Gasteiger partial charge < -0.3 is 35.1 Å². The minimum atomic E-state index is -4.89. The largest absolute Gasteiger partial charge is 0.483 e. The van der Waals surface area contributed by atoms with E-state index in [1.165, 1.54) is 99.8 Å². The Balaban J connectivity index is 1.22. The lowest BCUT2D eigenvalue weighted by atomic mass is 9.92. The van der Waals surface area contributed by atoms with Gasteiger partial charge in [0.05, 0.1) is 32.1 Å². The number of hydrogen-bond donors (Lipinski definition) is 4. The highest BCUT2D eigenvalue weighted by atomic mass is 31.2. The summed E-state index contributed by atoms with van der Waals surface area (Å²) >= 11 is 0. The summed E-state index contributed by atoms with van der Waals surface area (Å²) in [5.41, 5.74) is 4.73. The molecule has 5 N–H and O–H groups in total. The number of anilines is 1. The molecule has 15 nitrogen and oxygen atoms in total. The second-order valence-corrected chi connectivity index (χ2v) is 16.4. The summed E-state index contributed by atoms with van der Waals surface area (Å²) in [6.45, 7) is 10.1. The first-order chi connectivity index (χ1) is 28.0. The van der Waals surface area contributed by atoms with Crippen LogP contribution in [0.5, 0.6) is 5.75 Å². The number of nitrogens with two attached hydrogens (primary N) is 1. The van der Waals surface area contributed by atoms with E-state index in [0.29, 0.717) is 17.7 Å². The van der Waals surface area contributed by atoms with Crippen LogP contribution in [0.3, 0.4) is 0 Å². The Morgan fingerprint density at radius 1 is 1.02 bits per heavy atom. The lowest BCUT2D eigenvalue weighted by molar-refractivity contribution is -0.0652. The van der Waals surface area contributed by atoms with Gasteiger partial charge in [-0.3, -0.25) is 9.05 Å². The second kappa shape index (κ2) is 23.8. The molecule has 17 heteroatoms. The summed E-state index contributed by atoms with van der Waals surface area (Å²) in [5, 5.41) is 36.0. The summed E-state index contributed by atoms with van der Waals surface area (Å²) in [6, 6.07) is 7.25. The maximum atomic E-state index is 14.9. The van der Waals surface area contributed by atoms with Gasteiger partial charge in [0.25, 0.3) is 0 Å². The quantitative estimate of drug-likeness (QED) is 0.0311. The third-order valence-corrected chi connectivity index (χ3v) is 11.4. The van der Waals surface area contributed by atoms with Crippen LogP contribution in [-0.4, -0.2) is 80.5 Å². The van der Waals surface area contributed by atoms with Gasteiger partial charge in [0.15, 0.2) is 23.1 Å². The number of phosphoric ester groups is 1. The number of halogens is 1. The van der Waals surface area contributed by atoms with Crippen molar-refractivity contribution in [3.8, 4) is 11.8 Å². The molecule has 320 valence electrons. The lowest BCUT2D eigenvalue weighted by Crippen LogP contribution is -2.41. The molecule has 1 aliphatic rings. The maximum Gasteiger partial charge on any atom is 0.472 e. The van der Waals surface area contributed by atoms with Crippen LogP contribution in [0.25, 0.3) is 10.4 Å². The zero-order valence-electron chi connectivity index (χ0n) is 33.8. The lowest BCUT2D eigenvalue weighted by Gasteiger charge is -2.24. The Morgan fingerprint density at radius 2 is 1.64 bits per heavy atom. The van der Waals surface area contributed by atoms with Crippen molar-refractivity contribution in [1.29, 1.82) is 5.26 Å². The van der Waals surface area contributed by atoms with Crippen molar-refractivity contribution < 1.29 is 47.3 Å². The van der Waals surface area contributed by atoms with Crippen molar-refractivity contribution in [2.24, 2.45) is 0 Å². The van der Waals surface area contributed by atoms with Crippen LogP contribution in [0.1, 0.15) is 121 Å². The molecule has 3 aromatic rings. The van der Waals surface area contributed by atoms with Gasteiger partial charge >= 0.3 is 7.82 Å². The highest BCUT2D eigenvalue weighted by molar-refractivity contribution is 7.47. The normalized spacial score (nSPS) is 20.8. The first-order valence-electron chi connectivity index (χ1n) is 20.5. The molecular weight excluding hydrogens is 770 g/mol. The Bertz CT molecular complexity index is 1850. The predicted octanol–water partition coefficient (Wildman–Crippen LogP) is 8.01. The standard InChI is InChI=1S/C41H60FN6O9P/c1-4-5-6-7-8-9-10-11-12-13-14-15-16-17-18-19-22-53-25-31(56-35-23-30(2)33(45-3)24-32(35)42)26-54-58(51,52)55-27-36-38(49)39(50)41(28-43,57-36)37-21-20-34-40(44)46-29-47-48(34)37/h20-21,23-24,29,31,36,38-39,49-50H,4-19,22,25-27H2,1-2H3,(H,51,52)(H2,44,46,47)/t31-,36-,38-,39-,41+/m1/s1. The fraction of sp³-hybridized carbons (Fsp3) is 0.659. The molecule has 2 aromatic heterocycles. The number of nitrogen functional groups attached to an aromatic ring is 1. The Kier molecular flexibility index (Phi) is 19.3. The molecule has 1 saturated heterocycles. The molecule has 4 rings (SSSR count). The van der Waals surface area contributed by atoms with Crippen LogP contribution in [0.15, 0.2) is 30.6 Å². The number of phosphoric acid groups is 1. The first kappa shape index (κ1) is 47.0. The van der Waals surface area contributed by atoms with E-state index < -0.39 is 56.9 Å². The number of fused-ring (bicyclic) bond motifs is 1. The molecule has 0 bridgehead atoms. The van der Waals surface area contributed by atoms with Gasteiger partial charge in [-0.1, -0.05) is 103 Å². The average molecular weight is 831 g/mol. The topological polar surface area (TPSA) is 208 Å². The summed E-state index contributed by atoms with van der Waals surface area (Å²) in [6.07, 6.45) is 15.0. The van der Waals surface area contributed by atoms with Crippen molar-refractivity contribution >= 4 is 24.8 Å². The third kappa shape index (κ3) is 13.4. The molecule has 0 spiro atoms. The molecule has 0 amide bonds. The summed E-state index contributed by atoms with van der Waals surface area (Å²) in [4.78, 5) is 17.8. The SMILES string of the molecule is [C-]#[N+]c1cc(F)c(O[C@H](COCCCCCCCCCCCCCCCCCC)COP(=O)(O)OC[C@H]2O[C@@](C#N)(c3ccc4c(N)ncnn34)[C@H](O)[C@@H]2O)cc1C. The van der Waals surface area contributed by atoms with Crippen LogP contribution in [0.4, 0.5) is 15.9 Å². The number of rotatable bonds is 28. The average Bonchev–Trinajstić information content (AvgIpc) is 3.76. The minimum absolute atomic E-state index is 0.0445. The van der Waals surface area contributed by atoms with Gasteiger partial charge in [0.1, 0.15) is 42.3 Å². The molecule has 0 radical (unpaired) electrons. The first-order valence-corrected chi connectivity index (χ1v) is 22.0. The number of aromatic nitrogens is 3. The van der Waals surface area contributed by atoms with Crippen LogP contribution in [-0.2, 0) is 28.7 Å². The summed E-state index contributed by atoms with van der Waals surface area (Å²) < 4.78 is 57.0. The number of hydrogen-bond acceptors (Lipinski definition) is 12. The highest BCUT2D eigenvalue weighted by Crippen LogP contribution is 2.46. The van der Waals surface area contributed by atoms with E-state index in [-0.39, 0.29) is 29.6 Å². The molecule has 6 atom stereocenters. The fourth-order valence-corrected chi connectivity index (χ4v) is 7.82. The van der Waals surface area contributed by atoms with Gasteiger partial charge in [-0.05, 0) is 43.2 Å². The van der Waals surface area contributed by atoms with Crippen molar-refractivity contribution in [3.05, 3.63) is 59.1 Å². The van der Waals surface area contributed by atoms with E-state index in [1.54, 1.807) is 6.92 Å². The van der Waals surface area contributed by atoms with E-state index in [1.807, 2.05) is 6.07 Å². The van der Waals surface area contributed by atoms with Gasteiger partial charge in [0.2, 0.25) is 5.60 Å². The molecule has 3 heterocycles. The van der Waals surface area contributed by atoms with Crippen molar-refractivity contribution in [3.63, 3.8) is 0 Å². The molecular formula is C41H60FN6O9P. The third-order valence-electron chi connectivity index (χ3n) is 10.4. The minimum Gasteiger partial charge on any atom is -0.483 e. The molecule has 0 aliphatic carbocycles. The van der Waals surface area contributed by atoms with Crippen LogP contribution in [0, 0.1) is 30.6 Å². The number of nitriles is 1. The fourth-order valence-electron chi connectivity index (χ4n) is 7.05. The monoisotopic (exact) mass is 830 g/mol. The van der Waals surface area contributed by atoms with Crippen molar-refractivity contribution in [2.75, 3.05) is 32.2 Å². The highest BCUT2D eigenvalue weighted by Gasteiger charge is 2.58. The Hall–Kier alpha value is -3.70. The number of aliphatic hydroxyl groups excluding tert-OH is 2. The number of ether oxygens (including phenoxy) is 3. The zero-order valence-corrected chi connectivity index (χ0v) is 34.7. The number of benzene rings is 1. The molecule has 1 unspecified atom stereocenters. The molecule has 58 heavy (non-hydrogen) atoms. The van der Waals surface area contributed by atoms with Gasteiger partial charge in [-0.25, -0.2) is 23.3 Å². The van der Waals surface area contributed by atoms with E-state index in [0.717, 1.165) is 38.1 Å². The number of aryl methyl sites for hydroxylation is 1. The van der Waals surface area contributed by atoms with Gasteiger partial charge in [-0.15, -0.1) is 0 Å². The predicted molar refractivity (Wildman–Crippen MR) is 215 cm³/mol. The molecule has 1 aliphatic heterocycles. The molecule has 0 saturated carbocycles. The van der Waals surface area contributed by atoms with Crippen molar-refractivity contribution in [1.82, 2.24) is 14.6 Å². The Morgan fingerprint density at radius 3 is 2.24 bits per heavy atom. The van der Waals surface area contributed by atoms with Gasteiger partial charge in [0, 0.05) is 6.61 Å².